The highest BCUT2D eigenvalue weighted by Crippen LogP contribution is 2.17. The second-order valence-electron chi connectivity index (χ2n) is 6.37. The van der Waals surface area contributed by atoms with Crippen LogP contribution in [0.2, 0.25) is 0 Å². The Balaban J connectivity index is 1.50. The van der Waals surface area contributed by atoms with Gasteiger partial charge in [0.15, 0.2) is 5.69 Å². The third kappa shape index (κ3) is 3.57. The summed E-state index contributed by atoms with van der Waals surface area (Å²) < 4.78 is 3.49. The van der Waals surface area contributed by atoms with Crippen molar-refractivity contribution in [1.82, 2.24) is 24.6 Å². The maximum absolute atomic E-state index is 12.5. The number of hydrogen-bond acceptors (Lipinski definition) is 5. The summed E-state index contributed by atoms with van der Waals surface area (Å²) in [6.07, 6.45) is 1.59. The SMILES string of the molecule is CCn1c(CNC(=O)c2ccn(-c3cccc([N+](=O)[O-])c3)n2)nc2ccccc21. The van der Waals surface area contributed by atoms with Gasteiger partial charge in [0.25, 0.3) is 11.6 Å². The molecule has 0 spiro atoms. The zero-order chi connectivity index (χ0) is 20.4. The number of nitrogens with one attached hydrogen (secondary N) is 1. The topological polar surface area (TPSA) is 108 Å². The van der Waals surface area contributed by atoms with E-state index >= 15 is 0 Å². The van der Waals surface area contributed by atoms with Crippen molar-refractivity contribution < 1.29 is 9.72 Å². The molecule has 0 fully saturated rings. The quantitative estimate of drug-likeness (QED) is 0.402. The maximum Gasteiger partial charge on any atom is 0.272 e. The Morgan fingerprint density at radius 2 is 2.00 bits per heavy atom. The molecular formula is C20H18N6O3. The first-order chi connectivity index (χ1) is 14.1. The van der Waals surface area contributed by atoms with Crippen LogP contribution < -0.4 is 5.32 Å². The minimum atomic E-state index is -0.472. The van der Waals surface area contributed by atoms with Gasteiger partial charge in [-0.2, -0.15) is 5.10 Å². The summed E-state index contributed by atoms with van der Waals surface area (Å²) in [7, 11) is 0. The van der Waals surface area contributed by atoms with Crippen molar-refractivity contribution >= 4 is 22.6 Å². The molecular weight excluding hydrogens is 372 g/mol. The van der Waals surface area contributed by atoms with E-state index in [1.807, 2.05) is 31.2 Å². The zero-order valence-corrected chi connectivity index (χ0v) is 15.6. The summed E-state index contributed by atoms with van der Waals surface area (Å²) in [6, 6.07) is 15.5. The third-order valence-corrected chi connectivity index (χ3v) is 4.58. The molecule has 4 aromatic rings. The molecule has 0 radical (unpaired) electrons. The number of rotatable bonds is 6. The van der Waals surface area contributed by atoms with Gasteiger partial charge in [-0.25, -0.2) is 9.67 Å². The van der Waals surface area contributed by atoms with E-state index in [4.69, 9.17) is 0 Å². The summed E-state index contributed by atoms with van der Waals surface area (Å²) >= 11 is 0. The number of aryl methyl sites for hydroxylation is 1. The molecule has 1 amide bonds. The molecule has 0 aliphatic heterocycles. The van der Waals surface area contributed by atoms with Crippen molar-refractivity contribution in [3.8, 4) is 5.69 Å². The fourth-order valence-electron chi connectivity index (χ4n) is 3.20. The molecule has 4 rings (SSSR count). The number of nitro benzene ring substituents is 1. The molecule has 0 bridgehead atoms. The first kappa shape index (κ1) is 18.4. The Morgan fingerprint density at radius 1 is 1.17 bits per heavy atom. The zero-order valence-electron chi connectivity index (χ0n) is 15.6. The molecule has 9 nitrogen and oxygen atoms in total. The van der Waals surface area contributed by atoms with Crippen LogP contribution in [0.5, 0.6) is 0 Å². The summed E-state index contributed by atoms with van der Waals surface area (Å²) in [5.74, 6) is 0.420. The molecule has 9 heteroatoms. The van der Waals surface area contributed by atoms with Crippen molar-refractivity contribution in [2.75, 3.05) is 0 Å². The van der Waals surface area contributed by atoms with Gasteiger partial charge in [-0.15, -0.1) is 0 Å². The molecule has 146 valence electrons. The molecule has 0 saturated carbocycles. The number of benzene rings is 2. The van der Waals surface area contributed by atoms with Gasteiger partial charge in [-0.3, -0.25) is 14.9 Å². The predicted octanol–water partition coefficient (Wildman–Crippen LogP) is 3.08. The number of para-hydroxylation sites is 2. The number of fused-ring (bicyclic) bond motifs is 1. The Kier molecular flexibility index (Phi) is 4.78. The van der Waals surface area contributed by atoms with Gasteiger partial charge in [0.1, 0.15) is 5.82 Å². The molecule has 2 aromatic heterocycles. The normalized spacial score (nSPS) is 10.9. The predicted molar refractivity (Wildman–Crippen MR) is 107 cm³/mol. The van der Waals surface area contributed by atoms with E-state index in [1.165, 1.54) is 16.8 Å². The Bertz CT molecular complexity index is 1210. The van der Waals surface area contributed by atoms with Crippen LogP contribution in [0, 0.1) is 10.1 Å². The summed E-state index contributed by atoms with van der Waals surface area (Å²) in [6.45, 7) is 3.04. The molecule has 0 aliphatic carbocycles. The van der Waals surface area contributed by atoms with Crippen LogP contribution in [-0.2, 0) is 13.1 Å². The van der Waals surface area contributed by atoms with Gasteiger partial charge in [0, 0.05) is 24.9 Å². The molecule has 2 heterocycles. The highest BCUT2D eigenvalue weighted by atomic mass is 16.6. The van der Waals surface area contributed by atoms with Crippen molar-refractivity contribution in [3.05, 3.63) is 82.4 Å². The maximum atomic E-state index is 12.5. The van der Waals surface area contributed by atoms with Gasteiger partial charge >= 0.3 is 0 Å². The fraction of sp³-hybridized carbons (Fsp3) is 0.150. The molecule has 0 atom stereocenters. The van der Waals surface area contributed by atoms with Gasteiger partial charge in [0.2, 0.25) is 0 Å². The highest BCUT2D eigenvalue weighted by molar-refractivity contribution is 5.92. The summed E-state index contributed by atoms with van der Waals surface area (Å²) in [5.41, 5.74) is 2.59. The molecule has 29 heavy (non-hydrogen) atoms. The Labute approximate surface area is 165 Å². The number of nitro groups is 1. The van der Waals surface area contributed by atoms with E-state index in [9.17, 15) is 14.9 Å². The number of aromatic nitrogens is 4. The van der Waals surface area contributed by atoms with Gasteiger partial charge in [-0.1, -0.05) is 18.2 Å². The van der Waals surface area contributed by atoms with Crippen LogP contribution in [0.15, 0.2) is 60.8 Å². The monoisotopic (exact) mass is 390 g/mol. The van der Waals surface area contributed by atoms with Crippen molar-refractivity contribution in [1.29, 1.82) is 0 Å². The standard InChI is InChI=1S/C20H18N6O3/c1-2-24-18-9-4-3-8-16(18)22-19(24)13-21-20(27)17-10-11-25(23-17)14-6-5-7-15(12-14)26(28)29/h3-12H,2,13H2,1H3,(H,21,27). The number of amides is 1. The van der Waals surface area contributed by atoms with E-state index in [1.54, 1.807) is 24.4 Å². The second-order valence-corrected chi connectivity index (χ2v) is 6.37. The Morgan fingerprint density at radius 3 is 2.79 bits per heavy atom. The van der Waals surface area contributed by atoms with Crippen molar-refractivity contribution in [2.45, 2.75) is 20.0 Å². The van der Waals surface area contributed by atoms with Crippen LogP contribution >= 0.6 is 0 Å². The summed E-state index contributed by atoms with van der Waals surface area (Å²) in [5, 5.41) is 18.0. The van der Waals surface area contributed by atoms with Gasteiger partial charge in [-0.05, 0) is 31.2 Å². The number of non-ortho nitro benzene ring substituents is 1. The first-order valence-corrected chi connectivity index (χ1v) is 9.09. The third-order valence-electron chi connectivity index (χ3n) is 4.58. The number of imidazole rings is 1. The minimum absolute atomic E-state index is 0.0394. The average Bonchev–Trinajstić information content (AvgIpc) is 3.36. The van der Waals surface area contributed by atoms with Gasteiger partial charge in [0.05, 0.1) is 28.2 Å². The second kappa shape index (κ2) is 7.55. The summed E-state index contributed by atoms with van der Waals surface area (Å²) in [4.78, 5) is 27.6. The van der Waals surface area contributed by atoms with Crippen molar-refractivity contribution in [3.63, 3.8) is 0 Å². The fourth-order valence-corrected chi connectivity index (χ4v) is 3.20. The number of carbonyl (C=O) groups is 1. The molecule has 0 unspecified atom stereocenters. The number of carbonyl (C=O) groups excluding carboxylic acids is 1. The van der Waals surface area contributed by atoms with E-state index in [0.717, 1.165) is 23.4 Å². The van der Waals surface area contributed by atoms with E-state index in [0.29, 0.717) is 5.69 Å². The molecule has 0 aliphatic rings. The van der Waals surface area contributed by atoms with E-state index in [2.05, 4.69) is 20.0 Å². The lowest BCUT2D eigenvalue weighted by Crippen LogP contribution is -2.25. The van der Waals surface area contributed by atoms with Crippen LogP contribution in [-0.4, -0.2) is 30.2 Å². The van der Waals surface area contributed by atoms with Crippen LogP contribution in [0.4, 0.5) is 5.69 Å². The lowest BCUT2D eigenvalue weighted by atomic mass is 10.3. The highest BCUT2D eigenvalue weighted by Gasteiger charge is 2.14. The number of hydrogen-bond donors (Lipinski definition) is 1. The number of nitrogens with zero attached hydrogens (tertiary/aromatic N) is 5. The lowest BCUT2D eigenvalue weighted by Gasteiger charge is -2.07. The Hall–Kier alpha value is -4.01. The first-order valence-electron chi connectivity index (χ1n) is 9.09. The molecule has 0 saturated heterocycles. The lowest BCUT2D eigenvalue weighted by molar-refractivity contribution is -0.384. The largest absolute Gasteiger partial charge is 0.343 e. The minimum Gasteiger partial charge on any atom is -0.343 e. The average molecular weight is 390 g/mol. The molecule has 1 N–H and O–H groups in total. The van der Waals surface area contributed by atoms with Crippen LogP contribution in [0.1, 0.15) is 23.2 Å². The van der Waals surface area contributed by atoms with Crippen LogP contribution in [0.25, 0.3) is 16.7 Å². The van der Waals surface area contributed by atoms with Crippen molar-refractivity contribution in [2.24, 2.45) is 0 Å². The molecule has 2 aromatic carbocycles. The van der Waals surface area contributed by atoms with Gasteiger partial charge < -0.3 is 9.88 Å². The van der Waals surface area contributed by atoms with Crippen LogP contribution in [0.3, 0.4) is 0 Å². The smallest absolute Gasteiger partial charge is 0.272 e. The van der Waals surface area contributed by atoms with E-state index < -0.39 is 4.92 Å². The van der Waals surface area contributed by atoms with E-state index in [-0.39, 0.29) is 23.8 Å².